The van der Waals surface area contributed by atoms with E-state index < -0.39 is 12.1 Å². The maximum atomic E-state index is 12.1. The Morgan fingerprint density at radius 3 is 2.50 bits per heavy atom. The molecule has 0 aliphatic heterocycles. The van der Waals surface area contributed by atoms with E-state index in [2.05, 4.69) is 0 Å². The van der Waals surface area contributed by atoms with Crippen molar-refractivity contribution in [2.75, 3.05) is 7.05 Å². The molecule has 1 aliphatic rings. The Hall–Kier alpha value is -2.04. The molecule has 1 aromatic carbocycles. The number of nitrogens with zero attached hydrogens (tertiary/aromatic N) is 1. The molecule has 1 saturated carbocycles. The summed E-state index contributed by atoms with van der Waals surface area (Å²) in [6.45, 7) is 0. The first-order valence-electron chi connectivity index (χ1n) is 6.86. The van der Waals surface area contributed by atoms with E-state index in [0.29, 0.717) is 0 Å². The maximum Gasteiger partial charge on any atom is 0.415 e. The minimum Gasteiger partial charge on any atom is -0.478 e. The summed E-state index contributed by atoms with van der Waals surface area (Å²) < 4.78 is 5.23. The van der Waals surface area contributed by atoms with Crippen LogP contribution < -0.4 is 4.74 Å². The minimum absolute atomic E-state index is 0.00195. The Labute approximate surface area is 118 Å². The molecule has 1 fully saturated rings. The third-order valence-electron chi connectivity index (χ3n) is 3.73. The number of hydrogen-bond donors (Lipinski definition) is 1. The van der Waals surface area contributed by atoms with Gasteiger partial charge in [-0.25, -0.2) is 9.59 Å². The van der Waals surface area contributed by atoms with Crippen LogP contribution in [0, 0.1) is 0 Å². The van der Waals surface area contributed by atoms with E-state index in [1.54, 1.807) is 24.1 Å². The topological polar surface area (TPSA) is 66.8 Å². The summed E-state index contributed by atoms with van der Waals surface area (Å²) in [4.78, 5) is 24.7. The molecule has 1 aromatic rings. The van der Waals surface area contributed by atoms with Crippen LogP contribution in [0.5, 0.6) is 5.75 Å². The number of carboxylic acid groups (broad SMARTS) is 1. The van der Waals surface area contributed by atoms with Gasteiger partial charge in [-0.3, -0.25) is 0 Å². The van der Waals surface area contributed by atoms with E-state index in [0.717, 1.165) is 25.7 Å². The Morgan fingerprint density at radius 1 is 1.20 bits per heavy atom. The van der Waals surface area contributed by atoms with E-state index in [9.17, 15) is 9.59 Å². The predicted molar refractivity (Wildman–Crippen MR) is 74.1 cm³/mol. The van der Waals surface area contributed by atoms with Crippen molar-refractivity contribution in [1.29, 1.82) is 0 Å². The second-order valence-corrected chi connectivity index (χ2v) is 5.07. The zero-order valence-electron chi connectivity index (χ0n) is 11.5. The fraction of sp³-hybridized carbons (Fsp3) is 0.467. The van der Waals surface area contributed by atoms with Crippen molar-refractivity contribution >= 4 is 12.1 Å². The molecular weight excluding hydrogens is 258 g/mol. The Balaban J connectivity index is 2.05. The van der Waals surface area contributed by atoms with Gasteiger partial charge in [-0.15, -0.1) is 0 Å². The Kier molecular flexibility index (Phi) is 4.61. The van der Waals surface area contributed by atoms with Crippen LogP contribution in [0.25, 0.3) is 0 Å². The Bertz CT molecular complexity index is 494. The molecule has 0 heterocycles. The van der Waals surface area contributed by atoms with Crippen LogP contribution in [0.4, 0.5) is 4.79 Å². The quantitative estimate of drug-likeness (QED) is 0.921. The van der Waals surface area contributed by atoms with Crippen LogP contribution in [-0.4, -0.2) is 35.2 Å². The average Bonchev–Trinajstić information content (AvgIpc) is 2.47. The molecule has 1 amide bonds. The summed E-state index contributed by atoms with van der Waals surface area (Å²) in [5.41, 5.74) is -0.00195. The van der Waals surface area contributed by atoms with E-state index in [4.69, 9.17) is 9.84 Å². The molecule has 0 radical (unpaired) electrons. The molecule has 20 heavy (non-hydrogen) atoms. The number of para-hydroxylation sites is 1. The molecule has 1 N–H and O–H groups in total. The van der Waals surface area contributed by atoms with E-state index in [1.165, 1.54) is 18.6 Å². The van der Waals surface area contributed by atoms with Crippen LogP contribution in [0.3, 0.4) is 0 Å². The zero-order valence-corrected chi connectivity index (χ0v) is 11.5. The molecule has 5 heteroatoms. The number of amides is 1. The van der Waals surface area contributed by atoms with Gasteiger partial charge in [0, 0.05) is 13.1 Å². The highest BCUT2D eigenvalue weighted by molar-refractivity contribution is 5.91. The van der Waals surface area contributed by atoms with Gasteiger partial charge in [0.1, 0.15) is 11.3 Å². The molecule has 0 atom stereocenters. The van der Waals surface area contributed by atoms with Crippen LogP contribution in [0.2, 0.25) is 0 Å². The highest BCUT2D eigenvalue weighted by Gasteiger charge is 2.24. The lowest BCUT2D eigenvalue weighted by Crippen LogP contribution is -2.40. The molecular formula is C15H19NO4. The number of benzene rings is 1. The van der Waals surface area contributed by atoms with Crippen molar-refractivity contribution in [2.24, 2.45) is 0 Å². The summed E-state index contributed by atoms with van der Waals surface area (Å²) in [6.07, 6.45) is 4.91. The Morgan fingerprint density at radius 2 is 1.85 bits per heavy atom. The van der Waals surface area contributed by atoms with Crippen molar-refractivity contribution in [2.45, 2.75) is 38.1 Å². The highest BCUT2D eigenvalue weighted by atomic mass is 16.6. The molecule has 0 spiro atoms. The van der Waals surface area contributed by atoms with Gasteiger partial charge in [-0.05, 0) is 25.0 Å². The zero-order chi connectivity index (χ0) is 14.5. The molecule has 0 unspecified atom stereocenters. The number of hydrogen-bond acceptors (Lipinski definition) is 3. The fourth-order valence-electron chi connectivity index (χ4n) is 2.52. The SMILES string of the molecule is CN(C(=O)Oc1ccccc1C(=O)O)C1CCCCC1. The van der Waals surface area contributed by atoms with E-state index >= 15 is 0 Å². The van der Waals surface area contributed by atoms with Crippen LogP contribution in [0.15, 0.2) is 24.3 Å². The van der Waals surface area contributed by atoms with Crippen LogP contribution in [0.1, 0.15) is 42.5 Å². The summed E-state index contributed by atoms with van der Waals surface area (Å²) in [6, 6.07) is 6.36. The number of rotatable bonds is 3. The summed E-state index contributed by atoms with van der Waals surface area (Å²) in [7, 11) is 1.71. The summed E-state index contributed by atoms with van der Waals surface area (Å²) in [5, 5.41) is 9.06. The monoisotopic (exact) mass is 277 g/mol. The number of carboxylic acids is 1. The van der Waals surface area contributed by atoms with Gasteiger partial charge in [-0.2, -0.15) is 0 Å². The third kappa shape index (κ3) is 3.29. The largest absolute Gasteiger partial charge is 0.478 e. The van der Waals surface area contributed by atoms with Gasteiger partial charge in [0.15, 0.2) is 0 Å². The third-order valence-corrected chi connectivity index (χ3v) is 3.73. The maximum absolute atomic E-state index is 12.1. The number of carbonyl (C=O) groups is 2. The van der Waals surface area contributed by atoms with Gasteiger partial charge in [-0.1, -0.05) is 31.4 Å². The lowest BCUT2D eigenvalue weighted by Gasteiger charge is -2.30. The standard InChI is InChI=1S/C15H19NO4/c1-16(11-7-3-2-4-8-11)15(19)20-13-10-6-5-9-12(13)14(17)18/h5-6,9-11H,2-4,7-8H2,1H3,(H,17,18). The van der Waals surface area contributed by atoms with Crippen molar-refractivity contribution in [3.8, 4) is 5.75 Å². The highest BCUT2D eigenvalue weighted by Crippen LogP contribution is 2.24. The fourth-order valence-corrected chi connectivity index (χ4v) is 2.52. The van der Waals surface area contributed by atoms with Crippen molar-refractivity contribution < 1.29 is 19.4 Å². The van der Waals surface area contributed by atoms with Crippen molar-refractivity contribution in [3.63, 3.8) is 0 Å². The molecule has 108 valence electrons. The van der Waals surface area contributed by atoms with Gasteiger partial charge in [0.25, 0.3) is 0 Å². The predicted octanol–water partition coefficient (Wildman–Crippen LogP) is 3.15. The smallest absolute Gasteiger partial charge is 0.415 e. The minimum atomic E-state index is -1.10. The normalized spacial score (nSPS) is 15.7. The van der Waals surface area contributed by atoms with Crippen LogP contribution >= 0.6 is 0 Å². The molecule has 0 saturated heterocycles. The average molecular weight is 277 g/mol. The molecule has 0 bridgehead atoms. The van der Waals surface area contributed by atoms with Crippen molar-refractivity contribution in [1.82, 2.24) is 4.90 Å². The first kappa shape index (κ1) is 14.4. The number of aromatic carboxylic acids is 1. The van der Waals surface area contributed by atoms with E-state index in [-0.39, 0.29) is 17.4 Å². The summed E-state index contributed by atoms with van der Waals surface area (Å²) >= 11 is 0. The van der Waals surface area contributed by atoms with Crippen LogP contribution in [-0.2, 0) is 0 Å². The lowest BCUT2D eigenvalue weighted by molar-refractivity contribution is 0.0692. The van der Waals surface area contributed by atoms with Gasteiger partial charge >= 0.3 is 12.1 Å². The molecule has 0 aromatic heterocycles. The first-order valence-corrected chi connectivity index (χ1v) is 6.86. The van der Waals surface area contributed by atoms with Gasteiger partial charge in [0.2, 0.25) is 0 Å². The molecule has 5 nitrogen and oxygen atoms in total. The molecule has 2 rings (SSSR count). The van der Waals surface area contributed by atoms with E-state index in [1.807, 2.05) is 0 Å². The lowest BCUT2D eigenvalue weighted by atomic mass is 9.95. The van der Waals surface area contributed by atoms with Gasteiger partial charge < -0.3 is 14.7 Å². The number of carbonyl (C=O) groups excluding carboxylic acids is 1. The summed E-state index contributed by atoms with van der Waals surface area (Å²) in [5.74, 6) is -1.01. The number of ether oxygens (including phenoxy) is 1. The van der Waals surface area contributed by atoms with Crippen molar-refractivity contribution in [3.05, 3.63) is 29.8 Å². The first-order chi connectivity index (χ1) is 9.59. The second kappa shape index (κ2) is 6.41. The second-order valence-electron chi connectivity index (χ2n) is 5.07. The molecule has 1 aliphatic carbocycles. The van der Waals surface area contributed by atoms with Gasteiger partial charge in [0.05, 0.1) is 0 Å².